The van der Waals surface area contributed by atoms with Crippen molar-refractivity contribution in [3.8, 4) is 0 Å². The molecule has 0 aliphatic rings. The van der Waals surface area contributed by atoms with E-state index in [2.05, 4.69) is 27.4 Å². The van der Waals surface area contributed by atoms with Crippen LogP contribution in [0.5, 0.6) is 0 Å². The third kappa shape index (κ3) is 1.41. The standard InChI is InChI=1S/C11H9BrOS/c1-7-2-3-9-8(4-12)6-14-11(9)10(7)5-13/h2-3,5-6H,4H2,1H3. The number of carbonyl (C=O) groups excluding carboxylic acids is 1. The van der Waals surface area contributed by atoms with Gasteiger partial charge in [-0.25, -0.2) is 0 Å². The molecular weight excluding hydrogens is 260 g/mol. The van der Waals surface area contributed by atoms with Crippen molar-refractivity contribution in [1.82, 2.24) is 0 Å². The van der Waals surface area contributed by atoms with Gasteiger partial charge in [0.25, 0.3) is 0 Å². The number of thiophene rings is 1. The Bertz CT molecular complexity index is 487. The Kier molecular flexibility index (Phi) is 2.70. The van der Waals surface area contributed by atoms with Gasteiger partial charge in [-0.2, -0.15) is 0 Å². The van der Waals surface area contributed by atoms with Crippen LogP contribution in [0.1, 0.15) is 21.5 Å². The van der Waals surface area contributed by atoms with E-state index < -0.39 is 0 Å². The lowest BCUT2D eigenvalue weighted by Crippen LogP contribution is -1.86. The van der Waals surface area contributed by atoms with Crippen molar-refractivity contribution >= 4 is 43.6 Å². The van der Waals surface area contributed by atoms with E-state index in [1.165, 1.54) is 10.9 Å². The van der Waals surface area contributed by atoms with Gasteiger partial charge in [-0.1, -0.05) is 28.1 Å². The molecule has 0 N–H and O–H groups in total. The highest BCUT2D eigenvalue weighted by molar-refractivity contribution is 9.08. The summed E-state index contributed by atoms with van der Waals surface area (Å²) < 4.78 is 1.11. The van der Waals surface area contributed by atoms with Gasteiger partial charge in [0.2, 0.25) is 0 Å². The molecular formula is C11H9BrOS. The highest BCUT2D eigenvalue weighted by Crippen LogP contribution is 2.31. The molecule has 0 amide bonds. The summed E-state index contributed by atoms with van der Waals surface area (Å²) in [7, 11) is 0. The fourth-order valence-electron chi connectivity index (χ4n) is 1.52. The zero-order chi connectivity index (χ0) is 10.1. The van der Waals surface area contributed by atoms with Crippen LogP contribution in [0.4, 0.5) is 0 Å². The second kappa shape index (κ2) is 3.83. The lowest BCUT2D eigenvalue weighted by molar-refractivity contribution is 0.112. The molecule has 0 atom stereocenters. The molecule has 0 bridgehead atoms. The number of aldehydes is 1. The van der Waals surface area contributed by atoms with Crippen LogP contribution in [0.2, 0.25) is 0 Å². The maximum absolute atomic E-state index is 10.9. The van der Waals surface area contributed by atoms with Crippen LogP contribution in [0.15, 0.2) is 17.5 Å². The number of halogens is 1. The Morgan fingerprint density at radius 1 is 1.50 bits per heavy atom. The fourth-order valence-corrected chi connectivity index (χ4v) is 3.33. The molecule has 1 aromatic heterocycles. The van der Waals surface area contributed by atoms with Crippen LogP contribution >= 0.6 is 27.3 Å². The molecule has 1 heterocycles. The quantitative estimate of drug-likeness (QED) is 0.596. The summed E-state index contributed by atoms with van der Waals surface area (Å²) in [6.07, 6.45) is 0.951. The molecule has 0 aliphatic carbocycles. The van der Waals surface area contributed by atoms with Crippen LogP contribution in [0.25, 0.3) is 10.1 Å². The molecule has 0 unspecified atom stereocenters. The monoisotopic (exact) mass is 268 g/mol. The van der Waals surface area contributed by atoms with Crippen molar-refractivity contribution in [3.63, 3.8) is 0 Å². The van der Waals surface area contributed by atoms with Crippen LogP contribution in [0, 0.1) is 6.92 Å². The van der Waals surface area contributed by atoms with Gasteiger partial charge in [-0.05, 0) is 28.8 Å². The first kappa shape index (κ1) is 9.87. The van der Waals surface area contributed by atoms with Crippen LogP contribution in [-0.2, 0) is 5.33 Å². The number of alkyl halides is 1. The molecule has 72 valence electrons. The van der Waals surface area contributed by atoms with E-state index in [1.54, 1.807) is 11.3 Å². The van der Waals surface area contributed by atoms with E-state index in [9.17, 15) is 4.79 Å². The summed E-state index contributed by atoms with van der Waals surface area (Å²) in [5, 5.41) is 4.14. The second-order valence-corrected chi connectivity index (χ2v) is 4.63. The molecule has 2 aromatic rings. The van der Waals surface area contributed by atoms with Crippen molar-refractivity contribution in [2.24, 2.45) is 0 Å². The Morgan fingerprint density at radius 3 is 2.93 bits per heavy atom. The number of hydrogen-bond acceptors (Lipinski definition) is 2. The van der Waals surface area contributed by atoms with Gasteiger partial charge in [0, 0.05) is 15.6 Å². The van der Waals surface area contributed by atoms with Crippen molar-refractivity contribution in [3.05, 3.63) is 34.2 Å². The number of aryl methyl sites for hydroxylation is 1. The summed E-state index contributed by atoms with van der Waals surface area (Å²) >= 11 is 5.08. The van der Waals surface area contributed by atoms with Crippen molar-refractivity contribution in [2.45, 2.75) is 12.3 Å². The van der Waals surface area contributed by atoms with E-state index in [0.29, 0.717) is 0 Å². The molecule has 2 rings (SSSR count). The summed E-state index contributed by atoms with van der Waals surface area (Å²) in [5.41, 5.74) is 3.14. The van der Waals surface area contributed by atoms with E-state index in [-0.39, 0.29) is 0 Å². The zero-order valence-electron chi connectivity index (χ0n) is 7.71. The van der Waals surface area contributed by atoms with Gasteiger partial charge in [-0.3, -0.25) is 4.79 Å². The lowest BCUT2D eigenvalue weighted by Gasteiger charge is -2.00. The molecule has 0 fully saturated rings. The van der Waals surface area contributed by atoms with Crippen molar-refractivity contribution in [2.75, 3.05) is 0 Å². The molecule has 0 aliphatic heterocycles. The molecule has 0 saturated heterocycles. The normalized spacial score (nSPS) is 10.7. The maximum atomic E-state index is 10.9. The minimum Gasteiger partial charge on any atom is -0.298 e. The fraction of sp³-hybridized carbons (Fsp3) is 0.182. The third-order valence-electron chi connectivity index (χ3n) is 2.34. The van der Waals surface area contributed by atoms with Crippen LogP contribution < -0.4 is 0 Å². The largest absolute Gasteiger partial charge is 0.298 e. The predicted molar refractivity (Wildman–Crippen MR) is 64.6 cm³/mol. The summed E-state index contributed by atoms with van der Waals surface area (Å²) in [6.45, 7) is 1.97. The van der Waals surface area contributed by atoms with Crippen LogP contribution in [0.3, 0.4) is 0 Å². The minimum absolute atomic E-state index is 0.833. The molecule has 3 heteroatoms. The first-order chi connectivity index (χ1) is 6.77. The Labute approximate surface area is 94.9 Å². The SMILES string of the molecule is Cc1ccc2c(CBr)csc2c1C=O. The number of fused-ring (bicyclic) bond motifs is 1. The van der Waals surface area contributed by atoms with Gasteiger partial charge in [-0.15, -0.1) is 11.3 Å². The Hall–Kier alpha value is -0.670. The third-order valence-corrected chi connectivity index (χ3v) is 4.02. The number of benzene rings is 1. The molecule has 14 heavy (non-hydrogen) atoms. The van der Waals surface area contributed by atoms with E-state index in [1.807, 2.05) is 13.0 Å². The topological polar surface area (TPSA) is 17.1 Å². The Balaban J connectivity index is 2.83. The molecule has 0 spiro atoms. The van der Waals surface area contributed by atoms with Gasteiger partial charge < -0.3 is 0 Å². The predicted octanol–water partition coefficient (Wildman–Crippen LogP) is 3.92. The number of carbonyl (C=O) groups is 1. The smallest absolute Gasteiger partial charge is 0.151 e. The van der Waals surface area contributed by atoms with Gasteiger partial charge >= 0.3 is 0 Å². The number of hydrogen-bond donors (Lipinski definition) is 0. The Morgan fingerprint density at radius 2 is 2.29 bits per heavy atom. The minimum atomic E-state index is 0.833. The van der Waals surface area contributed by atoms with Gasteiger partial charge in [0.1, 0.15) is 0 Å². The average molecular weight is 269 g/mol. The first-order valence-electron chi connectivity index (χ1n) is 4.28. The average Bonchev–Trinajstić information content (AvgIpc) is 2.60. The summed E-state index contributed by atoms with van der Waals surface area (Å²) in [6, 6.07) is 4.09. The number of rotatable bonds is 2. The summed E-state index contributed by atoms with van der Waals surface area (Å²) in [5.74, 6) is 0. The molecule has 0 saturated carbocycles. The van der Waals surface area contributed by atoms with Crippen molar-refractivity contribution < 1.29 is 4.79 Å². The molecule has 1 nitrogen and oxygen atoms in total. The highest BCUT2D eigenvalue weighted by Gasteiger charge is 2.08. The van der Waals surface area contributed by atoms with Crippen molar-refractivity contribution in [1.29, 1.82) is 0 Å². The first-order valence-corrected chi connectivity index (χ1v) is 6.29. The molecule has 1 aromatic carbocycles. The second-order valence-electron chi connectivity index (χ2n) is 3.19. The van der Waals surface area contributed by atoms with E-state index in [4.69, 9.17) is 0 Å². The highest BCUT2D eigenvalue weighted by atomic mass is 79.9. The van der Waals surface area contributed by atoms with Crippen LogP contribution in [-0.4, -0.2) is 6.29 Å². The van der Waals surface area contributed by atoms with Gasteiger partial charge in [0.05, 0.1) is 0 Å². The van der Waals surface area contributed by atoms with Gasteiger partial charge in [0.15, 0.2) is 6.29 Å². The maximum Gasteiger partial charge on any atom is 0.151 e. The lowest BCUT2D eigenvalue weighted by atomic mass is 10.1. The van der Waals surface area contributed by atoms with E-state index in [0.717, 1.165) is 27.4 Å². The molecule has 0 radical (unpaired) electrons. The summed E-state index contributed by atoms with van der Waals surface area (Å²) in [4.78, 5) is 10.9. The van der Waals surface area contributed by atoms with E-state index >= 15 is 0 Å². The zero-order valence-corrected chi connectivity index (χ0v) is 10.1.